The van der Waals surface area contributed by atoms with Crippen molar-refractivity contribution in [3.05, 3.63) is 35.1 Å². The Hall–Kier alpha value is -1.50. The summed E-state index contributed by atoms with van der Waals surface area (Å²) in [5.41, 5.74) is 2.11. The second-order valence-electron chi connectivity index (χ2n) is 6.48. The Bertz CT molecular complexity index is 589. The Balaban J connectivity index is 1.93. The number of morpholine rings is 1. The van der Waals surface area contributed by atoms with Crippen molar-refractivity contribution < 1.29 is 19.1 Å². The molecular formula is C17H23FN2O3. The summed E-state index contributed by atoms with van der Waals surface area (Å²) in [5, 5.41) is 9.25. The molecule has 1 aromatic carbocycles. The van der Waals surface area contributed by atoms with Crippen LogP contribution in [-0.4, -0.2) is 48.4 Å². The molecule has 126 valence electrons. The van der Waals surface area contributed by atoms with Gasteiger partial charge in [0.25, 0.3) is 5.91 Å². The van der Waals surface area contributed by atoms with Gasteiger partial charge in [-0.3, -0.25) is 14.9 Å². The standard InChI is InChI=1S/C17H23FN2O3/c1-12-14(3-2-4-15(12)18)17(16(21)19-22)6-5-13(11-17)20-7-9-23-10-8-20/h2-4,13,22H,5-11H2,1H3,(H,19,21)/t13-,17-/m0/s1. The van der Waals surface area contributed by atoms with Gasteiger partial charge < -0.3 is 4.74 Å². The smallest absolute Gasteiger partial charge is 0.254 e. The minimum atomic E-state index is -0.871. The molecule has 1 saturated heterocycles. The molecule has 0 aromatic heterocycles. The van der Waals surface area contributed by atoms with E-state index in [1.807, 2.05) is 5.48 Å². The lowest BCUT2D eigenvalue weighted by Crippen LogP contribution is -2.46. The summed E-state index contributed by atoms with van der Waals surface area (Å²) in [6.45, 7) is 4.80. The van der Waals surface area contributed by atoms with Crippen LogP contribution < -0.4 is 5.48 Å². The highest BCUT2D eigenvalue weighted by molar-refractivity contribution is 5.88. The van der Waals surface area contributed by atoms with Gasteiger partial charge in [0.15, 0.2) is 0 Å². The Morgan fingerprint density at radius 2 is 2.17 bits per heavy atom. The second-order valence-corrected chi connectivity index (χ2v) is 6.48. The summed E-state index contributed by atoms with van der Waals surface area (Å²) in [6, 6.07) is 5.08. The largest absolute Gasteiger partial charge is 0.379 e. The molecule has 0 unspecified atom stereocenters. The van der Waals surface area contributed by atoms with Gasteiger partial charge in [-0.2, -0.15) is 0 Å². The third-order valence-corrected chi connectivity index (χ3v) is 5.37. The van der Waals surface area contributed by atoms with Crippen molar-refractivity contribution in [2.75, 3.05) is 26.3 Å². The number of carbonyl (C=O) groups is 1. The van der Waals surface area contributed by atoms with Crippen LogP contribution in [0, 0.1) is 12.7 Å². The molecule has 0 radical (unpaired) electrons. The molecule has 5 nitrogen and oxygen atoms in total. The summed E-state index contributed by atoms with van der Waals surface area (Å²) in [7, 11) is 0. The first kappa shape index (κ1) is 16.4. The molecule has 0 spiro atoms. The van der Waals surface area contributed by atoms with Crippen LogP contribution in [0.2, 0.25) is 0 Å². The first-order valence-electron chi connectivity index (χ1n) is 8.10. The van der Waals surface area contributed by atoms with Gasteiger partial charge in [0, 0.05) is 19.1 Å². The minimum absolute atomic E-state index is 0.249. The molecule has 2 aliphatic rings. The van der Waals surface area contributed by atoms with Crippen LogP contribution in [0.3, 0.4) is 0 Å². The van der Waals surface area contributed by atoms with Gasteiger partial charge in [0.1, 0.15) is 5.82 Å². The summed E-state index contributed by atoms with van der Waals surface area (Å²) in [6.07, 6.45) is 2.04. The van der Waals surface area contributed by atoms with Gasteiger partial charge in [-0.05, 0) is 43.4 Å². The van der Waals surface area contributed by atoms with Gasteiger partial charge in [-0.1, -0.05) is 12.1 Å². The van der Waals surface area contributed by atoms with E-state index in [2.05, 4.69) is 4.90 Å². The molecule has 1 heterocycles. The summed E-state index contributed by atoms with van der Waals surface area (Å²) >= 11 is 0. The number of ether oxygens (including phenoxy) is 1. The zero-order valence-electron chi connectivity index (χ0n) is 13.3. The van der Waals surface area contributed by atoms with Gasteiger partial charge in [0.05, 0.1) is 18.6 Å². The predicted octanol–water partition coefficient (Wildman–Crippen LogP) is 1.76. The van der Waals surface area contributed by atoms with Crippen LogP contribution in [0.1, 0.15) is 30.4 Å². The van der Waals surface area contributed by atoms with Gasteiger partial charge in [-0.25, -0.2) is 9.87 Å². The number of benzene rings is 1. The Labute approximate surface area is 135 Å². The number of nitrogens with zero attached hydrogens (tertiary/aromatic N) is 1. The molecule has 23 heavy (non-hydrogen) atoms. The average Bonchev–Trinajstić information content (AvgIpc) is 3.04. The number of hydroxylamine groups is 1. The number of halogens is 1. The van der Waals surface area contributed by atoms with Gasteiger partial charge in [-0.15, -0.1) is 0 Å². The van der Waals surface area contributed by atoms with E-state index < -0.39 is 11.3 Å². The van der Waals surface area contributed by atoms with Crippen LogP contribution in [0.15, 0.2) is 18.2 Å². The number of hydrogen-bond acceptors (Lipinski definition) is 4. The SMILES string of the molecule is Cc1c(F)cccc1[C@]1(C(=O)NO)CC[C@H](N2CCOCC2)C1. The zero-order valence-corrected chi connectivity index (χ0v) is 13.3. The number of hydrogen-bond donors (Lipinski definition) is 2. The lowest BCUT2D eigenvalue weighted by molar-refractivity contribution is -0.135. The Kier molecular flexibility index (Phi) is 4.66. The van der Waals surface area contributed by atoms with Crippen molar-refractivity contribution >= 4 is 5.91 Å². The highest BCUT2D eigenvalue weighted by Gasteiger charge is 2.49. The molecule has 3 rings (SSSR count). The van der Waals surface area contributed by atoms with Gasteiger partial charge >= 0.3 is 0 Å². The second kappa shape index (κ2) is 6.55. The van der Waals surface area contributed by atoms with Crippen molar-refractivity contribution in [2.45, 2.75) is 37.6 Å². The molecule has 6 heteroatoms. The molecule has 1 amide bonds. The molecule has 1 aromatic rings. The maximum Gasteiger partial charge on any atom is 0.254 e. The van der Waals surface area contributed by atoms with Crippen molar-refractivity contribution in [1.82, 2.24) is 10.4 Å². The van der Waals surface area contributed by atoms with E-state index in [0.717, 1.165) is 19.5 Å². The lowest BCUT2D eigenvalue weighted by Gasteiger charge is -2.34. The van der Waals surface area contributed by atoms with E-state index in [-0.39, 0.29) is 11.9 Å². The molecule has 0 bridgehead atoms. The van der Waals surface area contributed by atoms with Crippen molar-refractivity contribution in [3.63, 3.8) is 0 Å². The summed E-state index contributed by atoms with van der Waals surface area (Å²) < 4.78 is 19.4. The summed E-state index contributed by atoms with van der Waals surface area (Å²) in [5.74, 6) is -0.760. The monoisotopic (exact) mass is 322 g/mol. The zero-order chi connectivity index (χ0) is 16.4. The minimum Gasteiger partial charge on any atom is -0.379 e. The highest BCUT2D eigenvalue weighted by atomic mass is 19.1. The normalized spacial score (nSPS) is 28.7. The fourth-order valence-corrected chi connectivity index (χ4v) is 4.08. The van der Waals surface area contributed by atoms with Crippen molar-refractivity contribution in [2.24, 2.45) is 0 Å². The topological polar surface area (TPSA) is 61.8 Å². The predicted molar refractivity (Wildman–Crippen MR) is 82.8 cm³/mol. The van der Waals surface area contributed by atoms with E-state index >= 15 is 0 Å². The highest BCUT2D eigenvalue weighted by Crippen LogP contribution is 2.44. The van der Waals surface area contributed by atoms with E-state index in [4.69, 9.17) is 4.74 Å². The number of nitrogens with one attached hydrogen (secondary N) is 1. The molecule has 1 aliphatic heterocycles. The maximum atomic E-state index is 14.0. The van der Waals surface area contributed by atoms with E-state index in [9.17, 15) is 14.4 Å². The third-order valence-electron chi connectivity index (χ3n) is 5.37. The molecule has 2 fully saturated rings. The average molecular weight is 322 g/mol. The fourth-order valence-electron chi connectivity index (χ4n) is 4.08. The number of amides is 1. The molecule has 1 saturated carbocycles. The molecule has 1 aliphatic carbocycles. The first-order valence-corrected chi connectivity index (χ1v) is 8.10. The fraction of sp³-hybridized carbons (Fsp3) is 0.588. The van der Waals surface area contributed by atoms with Crippen molar-refractivity contribution in [3.8, 4) is 0 Å². The Morgan fingerprint density at radius 3 is 2.87 bits per heavy atom. The van der Waals surface area contributed by atoms with Crippen LogP contribution >= 0.6 is 0 Å². The van der Waals surface area contributed by atoms with Crippen LogP contribution in [-0.2, 0) is 14.9 Å². The van der Waals surface area contributed by atoms with Crippen LogP contribution in [0.4, 0.5) is 4.39 Å². The summed E-state index contributed by atoms with van der Waals surface area (Å²) in [4.78, 5) is 14.8. The molecule has 2 N–H and O–H groups in total. The lowest BCUT2D eigenvalue weighted by atomic mass is 9.75. The van der Waals surface area contributed by atoms with Crippen LogP contribution in [0.25, 0.3) is 0 Å². The number of rotatable bonds is 3. The number of carbonyl (C=O) groups excluding carboxylic acids is 1. The van der Waals surface area contributed by atoms with E-state index in [1.54, 1.807) is 19.1 Å². The third kappa shape index (κ3) is 2.86. The molecular weight excluding hydrogens is 299 g/mol. The van der Waals surface area contributed by atoms with E-state index in [1.165, 1.54) is 6.07 Å². The van der Waals surface area contributed by atoms with Crippen molar-refractivity contribution in [1.29, 1.82) is 0 Å². The van der Waals surface area contributed by atoms with E-state index in [0.29, 0.717) is 37.2 Å². The van der Waals surface area contributed by atoms with Crippen LogP contribution in [0.5, 0.6) is 0 Å². The Morgan fingerprint density at radius 1 is 1.43 bits per heavy atom. The maximum absolute atomic E-state index is 14.0. The molecule has 2 atom stereocenters. The quantitative estimate of drug-likeness (QED) is 0.658. The first-order chi connectivity index (χ1) is 11.1. The van der Waals surface area contributed by atoms with Gasteiger partial charge in [0.2, 0.25) is 0 Å².